The number of rotatable bonds is 6. The Balaban J connectivity index is 2.29. The van der Waals surface area contributed by atoms with E-state index in [4.69, 9.17) is 10.5 Å². The van der Waals surface area contributed by atoms with E-state index in [0.717, 1.165) is 5.56 Å². The van der Waals surface area contributed by atoms with Crippen LogP contribution in [-0.2, 0) is 17.8 Å². The second-order valence-corrected chi connectivity index (χ2v) is 5.14. The van der Waals surface area contributed by atoms with Gasteiger partial charge in [0.1, 0.15) is 5.69 Å². The van der Waals surface area contributed by atoms with Gasteiger partial charge in [0.05, 0.1) is 23.8 Å². The SMILES string of the molecule is COCCn1ncc(Br)c1C(=O)c1ccc(CN)cc1. The van der Waals surface area contributed by atoms with Crippen molar-refractivity contribution in [3.05, 3.63) is 51.8 Å². The third kappa shape index (κ3) is 3.15. The molecular weight excluding hydrogens is 322 g/mol. The lowest BCUT2D eigenvalue weighted by molar-refractivity contribution is 0.102. The van der Waals surface area contributed by atoms with Crippen LogP contribution < -0.4 is 5.73 Å². The van der Waals surface area contributed by atoms with E-state index in [1.807, 2.05) is 12.1 Å². The Hall–Kier alpha value is -1.50. The fourth-order valence-electron chi connectivity index (χ4n) is 1.86. The Kier molecular flexibility index (Phi) is 5.05. The van der Waals surface area contributed by atoms with E-state index >= 15 is 0 Å². The minimum absolute atomic E-state index is 0.0750. The molecule has 1 heterocycles. The quantitative estimate of drug-likeness (QED) is 0.818. The number of ketones is 1. The maximum Gasteiger partial charge on any atom is 0.212 e. The van der Waals surface area contributed by atoms with Crippen LogP contribution in [-0.4, -0.2) is 29.3 Å². The molecule has 5 nitrogen and oxygen atoms in total. The van der Waals surface area contributed by atoms with E-state index in [2.05, 4.69) is 21.0 Å². The zero-order valence-corrected chi connectivity index (χ0v) is 12.8. The molecule has 0 radical (unpaired) electrons. The minimum Gasteiger partial charge on any atom is -0.383 e. The highest BCUT2D eigenvalue weighted by Crippen LogP contribution is 2.20. The number of nitrogens with two attached hydrogens (primary N) is 1. The van der Waals surface area contributed by atoms with Gasteiger partial charge >= 0.3 is 0 Å². The Morgan fingerprint density at radius 1 is 1.40 bits per heavy atom. The summed E-state index contributed by atoms with van der Waals surface area (Å²) in [5, 5.41) is 4.18. The van der Waals surface area contributed by atoms with E-state index < -0.39 is 0 Å². The maximum atomic E-state index is 12.5. The fourth-order valence-corrected chi connectivity index (χ4v) is 2.34. The smallest absolute Gasteiger partial charge is 0.212 e. The minimum atomic E-state index is -0.0750. The highest BCUT2D eigenvalue weighted by molar-refractivity contribution is 9.10. The van der Waals surface area contributed by atoms with Crippen LogP contribution in [0.3, 0.4) is 0 Å². The van der Waals surface area contributed by atoms with Crippen molar-refractivity contribution < 1.29 is 9.53 Å². The van der Waals surface area contributed by atoms with Crippen molar-refractivity contribution in [3.8, 4) is 0 Å². The molecule has 0 aliphatic heterocycles. The summed E-state index contributed by atoms with van der Waals surface area (Å²) >= 11 is 3.37. The molecule has 6 heteroatoms. The van der Waals surface area contributed by atoms with Gasteiger partial charge in [-0.15, -0.1) is 0 Å². The number of ether oxygens (including phenoxy) is 1. The lowest BCUT2D eigenvalue weighted by Crippen LogP contribution is -2.15. The number of carbonyl (C=O) groups is 1. The number of hydrogen-bond acceptors (Lipinski definition) is 4. The summed E-state index contributed by atoms with van der Waals surface area (Å²) in [6.45, 7) is 1.49. The molecule has 0 fully saturated rings. The zero-order valence-electron chi connectivity index (χ0n) is 11.2. The Bertz CT molecular complexity index is 593. The molecule has 0 saturated heterocycles. The summed E-state index contributed by atoms with van der Waals surface area (Å²) < 4.78 is 7.35. The number of hydrogen-bond donors (Lipinski definition) is 1. The number of aromatic nitrogens is 2. The summed E-state index contributed by atoms with van der Waals surface area (Å²) in [7, 11) is 1.62. The second-order valence-electron chi connectivity index (χ2n) is 4.29. The molecule has 0 amide bonds. The van der Waals surface area contributed by atoms with Crippen molar-refractivity contribution in [2.24, 2.45) is 5.73 Å². The normalized spacial score (nSPS) is 10.8. The average molecular weight is 338 g/mol. The number of carbonyl (C=O) groups excluding carboxylic acids is 1. The van der Waals surface area contributed by atoms with E-state index in [0.29, 0.717) is 35.4 Å². The molecule has 0 aliphatic carbocycles. The molecule has 2 N–H and O–H groups in total. The average Bonchev–Trinajstić information content (AvgIpc) is 2.85. The number of halogens is 1. The first-order valence-electron chi connectivity index (χ1n) is 6.21. The highest BCUT2D eigenvalue weighted by Gasteiger charge is 2.18. The van der Waals surface area contributed by atoms with Crippen LogP contribution in [0, 0.1) is 0 Å². The molecule has 0 saturated carbocycles. The summed E-state index contributed by atoms with van der Waals surface area (Å²) in [5.74, 6) is -0.0750. The van der Waals surface area contributed by atoms with Gasteiger partial charge in [-0.2, -0.15) is 5.10 Å². The molecule has 0 bridgehead atoms. The van der Waals surface area contributed by atoms with Crippen molar-refractivity contribution in [2.45, 2.75) is 13.1 Å². The summed E-state index contributed by atoms with van der Waals surface area (Å²) in [5.41, 5.74) is 7.69. The highest BCUT2D eigenvalue weighted by atomic mass is 79.9. The molecule has 2 aromatic rings. The van der Waals surface area contributed by atoms with Gasteiger partial charge in [0.15, 0.2) is 0 Å². The summed E-state index contributed by atoms with van der Waals surface area (Å²) in [6.07, 6.45) is 1.62. The summed E-state index contributed by atoms with van der Waals surface area (Å²) in [4.78, 5) is 12.5. The fraction of sp³-hybridized carbons (Fsp3) is 0.286. The van der Waals surface area contributed by atoms with E-state index in [9.17, 15) is 4.79 Å². The second kappa shape index (κ2) is 6.78. The number of methoxy groups -OCH3 is 1. The predicted molar refractivity (Wildman–Crippen MR) is 79.6 cm³/mol. The van der Waals surface area contributed by atoms with E-state index in [1.165, 1.54) is 0 Å². The van der Waals surface area contributed by atoms with Crippen LogP contribution in [0.25, 0.3) is 0 Å². The predicted octanol–water partition coefficient (Wildman–Crippen LogP) is 1.98. The first-order valence-corrected chi connectivity index (χ1v) is 7.00. The van der Waals surface area contributed by atoms with Gasteiger partial charge in [0.25, 0.3) is 0 Å². The van der Waals surface area contributed by atoms with Gasteiger partial charge in [-0.25, -0.2) is 0 Å². The summed E-state index contributed by atoms with van der Waals surface area (Å²) in [6, 6.07) is 7.28. The molecule has 0 spiro atoms. The van der Waals surface area contributed by atoms with Gasteiger partial charge in [0.2, 0.25) is 5.78 Å². The maximum absolute atomic E-state index is 12.5. The standard InChI is InChI=1S/C14H16BrN3O2/c1-20-7-6-18-13(12(15)9-17-18)14(19)11-4-2-10(8-16)3-5-11/h2-5,9H,6-8,16H2,1H3. The van der Waals surface area contributed by atoms with Gasteiger partial charge in [-0.3, -0.25) is 9.48 Å². The van der Waals surface area contributed by atoms with Crippen LogP contribution in [0.1, 0.15) is 21.6 Å². The van der Waals surface area contributed by atoms with Gasteiger partial charge in [0, 0.05) is 19.2 Å². The zero-order chi connectivity index (χ0) is 14.5. The number of benzene rings is 1. The molecule has 0 atom stereocenters. The Labute approximate surface area is 125 Å². The van der Waals surface area contributed by atoms with Crippen molar-refractivity contribution in [1.82, 2.24) is 9.78 Å². The van der Waals surface area contributed by atoms with Crippen LogP contribution >= 0.6 is 15.9 Å². The van der Waals surface area contributed by atoms with Crippen molar-refractivity contribution >= 4 is 21.7 Å². The van der Waals surface area contributed by atoms with Crippen molar-refractivity contribution in [1.29, 1.82) is 0 Å². The first-order chi connectivity index (χ1) is 9.67. The molecule has 1 aromatic heterocycles. The Morgan fingerprint density at radius 2 is 2.10 bits per heavy atom. The topological polar surface area (TPSA) is 70.1 Å². The third-order valence-electron chi connectivity index (χ3n) is 2.97. The lowest BCUT2D eigenvalue weighted by Gasteiger charge is -2.07. The van der Waals surface area contributed by atoms with Crippen LogP contribution in [0.4, 0.5) is 0 Å². The molecule has 2 rings (SSSR count). The van der Waals surface area contributed by atoms with Crippen molar-refractivity contribution in [3.63, 3.8) is 0 Å². The molecule has 1 aromatic carbocycles. The molecular formula is C14H16BrN3O2. The van der Waals surface area contributed by atoms with Crippen LogP contribution in [0.15, 0.2) is 34.9 Å². The van der Waals surface area contributed by atoms with E-state index in [1.54, 1.807) is 30.1 Å². The first kappa shape index (κ1) is 14.9. The molecule has 106 valence electrons. The van der Waals surface area contributed by atoms with Crippen LogP contribution in [0.5, 0.6) is 0 Å². The largest absolute Gasteiger partial charge is 0.383 e. The lowest BCUT2D eigenvalue weighted by atomic mass is 10.1. The van der Waals surface area contributed by atoms with Gasteiger partial charge < -0.3 is 10.5 Å². The number of nitrogens with zero attached hydrogens (tertiary/aromatic N) is 2. The van der Waals surface area contributed by atoms with Crippen LogP contribution in [0.2, 0.25) is 0 Å². The Morgan fingerprint density at radius 3 is 2.70 bits per heavy atom. The van der Waals surface area contributed by atoms with E-state index in [-0.39, 0.29) is 5.78 Å². The molecule has 0 aliphatic rings. The van der Waals surface area contributed by atoms with Gasteiger partial charge in [-0.05, 0) is 21.5 Å². The monoisotopic (exact) mass is 337 g/mol. The third-order valence-corrected chi connectivity index (χ3v) is 3.55. The molecule has 20 heavy (non-hydrogen) atoms. The van der Waals surface area contributed by atoms with Gasteiger partial charge in [-0.1, -0.05) is 24.3 Å². The van der Waals surface area contributed by atoms with Crippen molar-refractivity contribution in [2.75, 3.05) is 13.7 Å². The molecule has 0 unspecified atom stereocenters.